The van der Waals surface area contributed by atoms with Crippen LogP contribution < -0.4 is 14.8 Å². The Hall–Kier alpha value is -4.39. The molecule has 0 atom stereocenters. The van der Waals surface area contributed by atoms with Gasteiger partial charge in [0.2, 0.25) is 0 Å². The first-order chi connectivity index (χ1) is 17.4. The first-order valence-electron chi connectivity index (χ1n) is 11.5. The number of nitrogens with one attached hydrogen (secondary N) is 1. The molecule has 3 aromatic rings. The number of imide groups is 1. The van der Waals surface area contributed by atoms with Gasteiger partial charge in [0, 0.05) is 5.56 Å². The number of amides is 3. The van der Waals surface area contributed by atoms with Crippen molar-refractivity contribution in [3.05, 3.63) is 113 Å². The van der Waals surface area contributed by atoms with E-state index in [0.717, 1.165) is 16.0 Å². The number of carbonyl (C=O) groups is 2. The Balaban J connectivity index is 1.58. The molecule has 3 amide bonds. The number of hydrogen-bond acceptors (Lipinski definition) is 4. The van der Waals surface area contributed by atoms with Crippen LogP contribution in [0.3, 0.4) is 0 Å². The van der Waals surface area contributed by atoms with Gasteiger partial charge in [-0.15, -0.1) is 6.58 Å². The maximum atomic E-state index is 13.2. The number of aryl methyl sites for hydroxylation is 1. The molecule has 7 heteroatoms. The maximum absolute atomic E-state index is 13.2. The number of carbonyl (C=O) groups excluding carboxylic acids is 2. The van der Waals surface area contributed by atoms with Crippen LogP contribution in [0.1, 0.15) is 27.8 Å². The van der Waals surface area contributed by atoms with Crippen LogP contribution in [0.25, 0.3) is 6.08 Å². The molecular weight excluding hydrogens is 459 g/mol. The van der Waals surface area contributed by atoms with E-state index in [9.17, 15) is 14.0 Å². The third-order valence-corrected chi connectivity index (χ3v) is 5.77. The lowest BCUT2D eigenvalue weighted by molar-refractivity contribution is -0.123. The molecular formula is C29H27FN2O4. The highest BCUT2D eigenvalue weighted by atomic mass is 19.1. The second kappa shape index (κ2) is 10.9. The van der Waals surface area contributed by atoms with Crippen molar-refractivity contribution in [3.8, 4) is 11.5 Å². The summed E-state index contributed by atoms with van der Waals surface area (Å²) in [4.78, 5) is 26.5. The van der Waals surface area contributed by atoms with Gasteiger partial charge in [-0.05, 0) is 60.4 Å². The first-order valence-corrected chi connectivity index (χ1v) is 11.5. The van der Waals surface area contributed by atoms with Gasteiger partial charge < -0.3 is 14.8 Å². The average Bonchev–Trinajstić information content (AvgIpc) is 3.12. The molecule has 0 saturated carbocycles. The van der Waals surface area contributed by atoms with Crippen molar-refractivity contribution >= 4 is 18.0 Å². The van der Waals surface area contributed by atoms with E-state index < -0.39 is 11.9 Å². The zero-order valence-corrected chi connectivity index (χ0v) is 20.2. The van der Waals surface area contributed by atoms with Crippen LogP contribution in [0.5, 0.6) is 11.5 Å². The summed E-state index contributed by atoms with van der Waals surface area (Å²) in [6.45, 7) is 6.28. The summed E-state index contributed by atoms with van der Waals surface area (Å²) in [6.07, 6.45) is 3.88. The lowest BCUT2D eigenvalue weighted by atomic mass is 10.0. The third-order valence-electron chi connectivity index (χ3n) is 5.77. The van der Waals surface area contributed by atoms with Crippen LogP contribution in [-0.4, -0.2) is 23.9 Å². The van der Waals surface area contributed by atoms with Crippen LogP contribution in [0.15, 0.2) is 79.0 Å². The molecule has 1 aliphatic rings. The molecule has 0 unspecified atom stereocenters. The van der Waals surface area contributed by atoms with E-state index in [2.05, 4.69) is 11.9 Å². The van der Waals surface area contributed by atoms with Gasteiger partial charge in [0.25, 0.3) is 5.91 Å². The molecule has 36 heavy (non-hydrogen) atoms. The van der Waals surface area contributed by atoms with Gasteiger partial charge in [0.15, 0.2) is 11.5 Å². The van der Waals surface area contributed by atoms with Gasteiger partial charge in [-0.1, -0.05) is 48.0 Å². The number of nitrogens with zero attached hydrogens (tertiary/aromatic N) is 1. The molecule has 1 aliphatic heterocycles. The lowest BCUT2D eigenvalue weighted by Crippen LogP contribution is -2.30. The van der Waals surface area contributed by atoms with Crippen molar-refractivity contribution in [2.45, 2.75) is 26.5 Å². The van der Waals surface area contributed by atoms with E-state index >= 15 is 0 Å². The van der Waals surface area contributed by atoms with Gasteiger partial charge in [-0.25, -0.2) is 9.18 Å². The van der Waals surface area contributed by atoms with E-state index in [1.807, 2.05) is 37.3 Å². The number of methoxy groups -OCH3 is 1. The number of benzene rings is 3. The largest absolute Gasteiger partial charge is 0.493 e. The predicted octanol–water partition coefficient (Wildman–Crippen LogP) is 5.54. The highest BCUT2D eigenvalue weighted by Crippen LogP contribution is 2.35. The molecule has 0 aromatic heterocycles. The van der Waals surface area contributed by atoms with Crippen molar-refractivity contribution in [1.29, 1.82) is 0 Å². The van der Waals surface area contributed by atoms with Crippen molar-refractivity contribution in [3.63, 3.8) is 0 Å². The fraction of sp³-hybridized carbons (Fsp3) is 0.172. The summed E-state index contributed by atoms with van der Waals surface area (Å²) in [6, 6.07) is 16.9. The summed E-state index contributed by atoms with van der Waals surface area (Å²) in [7, 11) is 1.55. The van der Waals surface area contributed by atoms with Crippen molar-refractivity contribution in [2.24, 2.45) is 0 Å². The van der Waals surface area contributed by atoms with E-state index in [-0.39, 0.29) is 18.1 Å². The van der Waals surface area contributed by atoms with E-state index in [0.29, 0.717) is 35.7 Å². The van der Waals surface area contributed by atoms with Crippen molar-refractivity contribution in [1.82, 2.24) is 10.2 Å². The Morgan fingerprint density at radius 3 is 2.39 bits per heavy atom. The molecule has 0 aliphatic carbocycles. The number of urea groups is 1. The average molecular weight is 487 g/mol. The van der Waals surface area contributed by atoms with Gasteiger partial charge in [-0.3, -0.25) is 9.69 Å². The minimum Gasteiger partial charge on any atom is -0.493 e. The third kappa shape index (κ3) is 5.63. The SMILES string of the molecule is C=CCc1cc(/C=C2/NC(=O)N(Cc3ccc(F)cc3)C2=O)cc(OC)c1OCc1ccc(C)cc1. The molecule has 1 heterocycles. The minimum atomic E-state index is -0.535. The van der Waals surface area contributed by atoms with Crippen LogP contribution in [0, 0.1) is 12.7 Å². The molecule has 6 nitrogen and oxygen atoms in total. The molecule has 0 radical (unpaired) electrons. The van der Waals surface area contributed by atoms with Crippen LogP contribution in [0.2, 0.25) is 0 Å². The molecule has 0 spiro atoms. The smallest absolute Gasteiger partial charge is 0.329 e. The summed E-state index contributed by atoms with van der Waals surface area (Å²) >= 11 is 0. The van der Waals surface area contributed by atoms with Crippen LogP contribution in [-0.2, 0) is 24.4 Å². The second-order valence-corrected chi connectivity index (χ2v) is 8.48. The summed E-state index contributed by atoms with van der Waals surface area (Å²) in [5.74, 6) is 0.258. The topological polar surface area (TPSA) is 67.9 Å². The zero-order chi connectivity index (χ0) is 25.7. The maximum Gasteiger partial charge on any atom is 0.329 e. The molecule has 1 N–H and O–H groups in total. The van der Waals surface area contributed by atoms with E-state index in [4.69, 9.17) is 9.47 Å². The first kappa shape index (κ1) is 24.7. The molecule has 4 rings (SSSR count). The molecule has 3 aromatic carbocycles. The fourth-order valence-corrected chi connectivity index (χ4v) is 3.88. The van der Waals surface area contributed by atoms with Crippen LogP contribution in [0.4, 0.5) is 9.18 Å². The highest BCUT2D eigenvalue weighted by molar-refractivity contribution is 6.13. The van der Waals surface area contributed by atoms with Crippen molar-refractivity contribution < 1.29 is 23.5 Å². The van der Waals surface area contributed by atoms with E-state index in [1.165, 1.54) is 17.7 Å². The summed E-state index contributed by atoms with van der Waals surface area (Å²) < 4.78 is 24.9. The number of ether oxygens (including phenoxy) is 2. The Kier molecular flexibility index (Phi) is 7.49. The van der Waals surface area contributed by atoms with Crippen LogP contribution >= 0.6 is 0 Å². The Morgan fingerprint density at radius 1 is 1.03 bits per heavy atom. The quantitative estimate of drug-likeness (QED) is 0.245. The lowest BCUT2D eigenvalue weighted by Gasteiger charge is -2.16. The van der Waals surface area contributed by atoms with Gasteiger partial charge in [-0.2, -0.15) is 0 Å². The number of hydrogen-bond donors (Lipinski definition) is 1. The highest BCUT2D eigenvalue weighted by Gasteiger charge is 2.33. The number of allylic oxidation sites excluding steroid dienone is 1. The predicted molar refractivity (Wildman–Crippen MR) is 136 cm³/mol. The summed E-state index contributed by atoms with van der Waals surface area (Å²) in [5.41, 5.74) is 4.49. The second-order valence-electron chi connectivity index (χ2n) is 8.48. The molecule has 184 valence electrons. The van der Waals surface area contributed by atoms with Gasteiger partial charge >= 0.3 is 6.03 Å². The molecule has 1 fully saturated rings. The monoisotopic (exact) mass is 486 g/mol. The zero-order valence-electron chi connectivity index (χ0n) is 20.2. The fourth-order valence-electron chi connectivity index (χ4n) is 3.88. The molecule has 0 bridgehead atoms. The number of halogens is 1. The Morgan fingerprint density at radius 2 is 1.72 bits per heavy atom. The van der Waals surface area contributed by atoms with Crippen molar-refractivity contribution in [2.75, 3.05) is 7.11 Å². The normalized spacial score (nSPS) is 14.2. The molecule has 1 saturated heterocycles. The van der Waals surface area contributed by atoms with E-state index in [1.54, 1.807) is 37.5 Å². The standard InChI is InChI=1S/C29H27FN2O4/c1-4-5-23-14-22(16-26(35-3)27(23)36-18-21-8-6-19(2)7-9-21)15-25-28(33)32(29(34)31-25)17-20-10-12-24(30)13-11-20/h4,6-16H,1,5,17-18H2,2-3H3,(H,31,34)/b25-15+. The number of rotatable bonds is 9. The Labute approximate surface area is 209 Å². The van der Waals surface area contributed by atoms with Gasteiger partial charge in [0.05, 0.1) is 13.7 Å². The summed E-state index contributed by atoms with van der Waals surface area (Å²) in [5, 5.41) is 2.62. The van der Waals surface area contributed by atoms with Gasteiger partial charge in [0.1, 0.15) is 18.1 Å². The minimum absolute atomic E-state index is 0.0408. The Bertz CT molecular complexity index is 1310.